The zero-order valence-corrected chi connectivity index (χ0v) is 12.7. The Morgan fingerprint density at radius 3 is 2.77 bits per heavy atom. The summed E-state index contributed by atoms with van der Waals surface area (Å²) < 4.78 is 4.90. The van der Waals surface area contributed by atoms with Gasteiger partial charge in [-0.15, -0.1) is 11.3 Å². The summed E-state index contributed by atoms with van der Waals surface area (Å²) in [6.07, 6.45) is 1.44. The van der Waals surface area contributed by atoms with Gasteiger partial charge in [-0.3, -0.25) is 4.79 Å². The highest BCUT2D eigenvalue weighted by atomic mass is 32.1. The van der Waals surface area contributed by atoms with E-state index >= 15 is 0 Å². The molecule has 2 aromatic rings. The van der Waals surface area contributed by atoms with Crippen LogP contribution in [0.1, 0.15) is 32.5 Å². The predicted octanol–water partition coefficient (Wildman–Crippen LogP) is 2.27. The van der Waals surface area contributed by atoms with Crippen LogP contribution in [0, 0.1) is 0 Å². The molecule has 0 aliphatic heterocycles. The lowest BCUT2D eigenvalue weighted by atomic mass is 10.2. The Labute approximate surface area is 131 Å². The first-order valence-electron chi connectivity index (χ1n) is 6.56. The molecular formula is C15H15N3O3S. The second kappa shape index (κ2) is 7.37. The van der Waals surface area contributed by atoms with E-state index in [0.717, 1.165) is 0 Å². The van der Waals surface area contributed by atoms with Crippen molar-refractivity contribution in [2.75, 3.05) is 12.3 Å². The number of esters is 1. The number of hydrogen-bond donors (Lipinski definition) is 2. The fraction of sp³-hybridized carbons (Fsp3) is 0.133. The van der Waals surface area contributed by atoms with Crippen LogP contribution in [0.4, 0.5) is 5.00 Å². The van der Waals surface area contributed by atoms with Crippen molar-refractivity contribution in [3.8, 4) is 0 Å². The summed E-state index contributed by atoms with van der Waals surface area (Å²) in [5.41, 5.74) is 8.99. The molecule has 6 nitrogen and oxygen atoms in total. The minimum Gasteiger partial charge on any atom is -0.462 e. The van der Waals surface area contributed by atoms with E-state index in [0.29, 0.717) is 21.0 Å². The third-order valence-corrected chi connectivity index (χ3v) is 3.57. The Kier molecular flexibility index (Phi) is 5.26. The molecule has 0 fully saturated rings. The number of nitrogen functional groups attached to an aromatic ring is 1. The smallest absolute Gasteiger partial charge is 0.341 e. The van der Waals surface area contributed by atoms with Gasteiger partial charge in [0.1, 0.15) is 5.00 Å². The number of hydrazone groups is 1. The third kappa shape index (κ3) is 3.92. The number of hydrogen-bond acceptors (Lipinski definition) is 6. The van der Waals surface area contributed by atoms with Crippen LogP contribution in [0.3, 0.4) is 0 Å². The van der Waals surface area contributed by atoms with Gasteiger partial charge in [0.15, 0.2) is 0 Å². The highest BCUT2D eigenvalue weighted by molar-refractivity contribution is 7.17. The Hall–Kier alpha value is -2.67. The number of amides is 1. The molecule has 2 rings (SSSR count). The summed E-state index contributed by atoms with van der Waals surface area (Å²) in [6, 6.07) is 10.3. The van der Waals surface area contributed by atoms with Crippen LogP contribution in [-0.2, 0) is 4.74 Å². The molecule has 22 heavy (non-hydrogen) atoms. The maximum atomic E-state index is 11.8. The molecule has 0 radical (unpaired) electrons. The maximum absolute atomic E-state index is 11.8. The molecule has 3 N–H and O–H groups in total. The number of benzene rings is 1. The fourth-order valence-corrected chi connectivity index (χ4v) is 2.45. The molecule has 0 aliphatic rings. The van der Waals surface area contributed by atoms with Crippen LogP contribution in [0.2, 0.25) is 0 Å². The Bertz CT molecular complexity index is 695. The zero-order chi connectivity index (χ0) is 15.9. The van der Waals surface area contributed by atoms with Gasteiger partial charge in [0, 0.05) is 5.56 Å². The van der Waals surface area contributed by atoms with Gasteiger partial charge in [0.05, 0.1) is 23.3 Å². The first-order chi connectivity index (χ1) is 10.6. The van der Waals surface area contributed by atoms with E-state index in [9.17, 15) is 9.59 Å². The van der Waals surface area contributed by atoms with E-state index in [1.54, 1.807) is 37.3 Å². The van der Waals surface area contributed by atoms with Crippen molar-refractivity contribution in [3.05, 3.63) is 52.4 Å². The van der Waals surface area contributed by atoms with E-state index in [1.807, 2.05) is 6.07 Å². The monoisotopic (exact) mass is 317 g/mol. The second-order valence-electron chi connectivity index (χ2n) is 4.21. The van der Waals surface area contributed by atoms with Crippen LogP contribution in [0.5, 0.6) is 0 Å². The van der Waals surface area contributed by atoms with Gasteiger partial charge in [-0.25, -0.2) is 10.2 Å². The number of nitrogens with two attached hydrogens (primary N) is 1. The molecule has 0 spiro atoms. The van der Waals surface area contributed by atoms with Crippen molar-refractivity contribution in [1.29, 1.82) is 0 Å². The summed E-state index contributed by atoms with van der Waals surface area (Å²) in [5.74, 6) is -0.781. The number of rotatable bonds is 5. The Morgan fingerprint density at radius 1 is 1.36 bits per heavy atom. The molecule has 1 heterocycles. The minimum atomic E-state index is -0.468. The number of carbonyl (C=O) groups is 2. The van der Waals surface area contributed by atoms with Gasteiger partial charge in [-0.05, 0) is 25.1 Å². The molecule has 7 heteroatoms. The molecule has 1 aromatic heterocycles. The normalized spacial score (nSPS) is 10.6. The van der Waals surface area contributed by atoms with Crippen LogP contribution in [0.15, 0.2) is 41.5 Å². The number of thiophene rings is 1. The van der Waals surface area contributed by atoms with E-state index in [4.69, 9.17) is 10.5 Å². The van der Waals surface area contributed by atoms with Gasteiger partial charge in [0.25, 0.3) is 5.91 Å². The maximum Gasteiger partial charge on any atom is 0.341 e. The Morgan fingerprint density at radius 2 is 2.09 bits per heavy atom. The third-order valence-electron chi connectivity index (χ3n) is 2.67. The molecule has 0 saturated heterocycles. The van der Waals surface area contributed by atoms with Crippen molar-refractivity contribution in [3.63, 3.8) is 0 Å². The fourth-order valence-electron chi connectivity index (χ4n) is 1.67. The van der Waals surface area contributed by atoms with Crippen molar-refractivity contribution < 1.29 is 14.3 Å². The SMILES string of the molecule is CCOC(=O)c1cc(/C=N\NC(=O)c2ccccc2)sc1N. The van der Waals surface area contributed by atoms with Crippen LogP contribution in [0.25, 0.3) is 0 Å². The summed E-state index contributed by atoms with van der Waals surface area (Å²) in [4.78, 5) is 24.1. The molecule has 0 bridgehead atoms. The van der Waals surface area contributed by atoms with Gasteiger partial charge >= 0.3 is 5.97 Å². The molecule has 114 valence electrons. The second-order valence-corrected chi connectivity index (χ2v) is 5.33. The van der Waals surface area contributed by atoms with E-state index in [2.05, 4.69) is 10.5 Å². The zero-order valence-electron chi connectivity index (χ0n) is 11.9. The Balaban J connectivity index is 2.00. The molecule has 0 aliphatic carbocycles. The molecule has 1 amide bonds. The molecular weight excluding hydrogens is 302 g/mol. The van der Waals surface area contributed by atoms with E-state index in [1.165, 1.54) is 17.6 Å². The average molecular weight is 317 g/mol. The lowest BCUT2D eigenvalue weighted by molar-refractivity contribution is 0.0528. The number of anilines is 1. The van der Waals surface area contributed by atoms with Crippen LogP contribution < -0.4 is 11.2 Å². The van der Waals surface area contributed by atoms with Crippen molar-refractivity contribution in [1.82, 2.24) is 5.43 Å². The van der Waals surface area contributed by atoms with Crippen molar-refractivity contribution >= 4 is 34.4 Å². The van der Waals surface area contributed by atoms with Crippen molar-refractivity contribution in [2.45, 2.75) is 6.92 Å². The number of ether oxygens (including phenoxy) is 1. The van der Waals surface area contributed by atoms with Gasteiger partial charge in [-0.1, -0.05) is 18.2 Å². The molecule has 0 saturated carbocycles. The lowest BCUT2D eigenvalue weighted by Crippen LogP contribution is -2.17. The molecule has 0 atom stereocenters. The van der Waals surface area contributed by atoms with Crippen LogP contribution >= 0.6 is 11.3 Å². The van der Waals surface area contributed by atoms with Gasteiger partial charge in [-0.2, -0.15) is 5.10 Å². The average Bonchev–Trinajstić information content (AvgIpc) is 2.89. The molecule has 0 unspecified atom stereocenters. The summed E-state index contributed by atoms with van der Waals surface area (Å²) in [7, 11) is 0. The standard InChI is InChI=1S/C15H15N3O3S/c1-2-21-15(20)12-8-11(22-13(12)16)9-17-18-14(19)10-6-4-3-5-7-10/h3-9H,2,16H2,1H3,(H,18,19)/b17-9-. The first-order valence-corrected chi connectivity index (χ1v) is 7.38. The number of carbonyl (C=O) groups excluding carboxylic acids is 2. The topological polar surface area (TPSA) is 93.8 Å². The van der Waals surface area contributed by atoms with Gasteiger partial charge in [0.2, 0.25) is 0 Å². The largest absolute Gasteiger partial charge is 0.462 e. The quantitative estimate of drug-likeness (QED) is 0.502. The first kappa shape index (κ1) is 15.7. The summed E-state index contributed by atoms with van der Waals surface area (Å²) in [5, 5.41) is 4.21. The minimum absolute atomic E-state index is 0.282. The highest BCUT2D eigenvalue weighted by Crippen LogP contribution is 2.24. The summed E-state index contributed by atoms with van der Waals surface area (Å²) in [6.45, 7) is 2.01. The van der Waals surface area contributed by atoms with Crippen molar-refractivity contribution in [2.24, 2.45) is 5.10 Å². The predicted molar refractivity (Wildman–Crippen MR) is 86.2 cm³/mol. The number of nitrogens with zero attached hydrogens (tertiary/aromatic N) is 1. The van der Waals surface area contributed by atoms with Gasteiger partial charge < -0.3 is 10.5 Å². The van der Waals surface area contributed by atoms with Crippen LogP contribution in [-0.4, -0.2) is 24.7 Å². The highest BCUT2D eigenvalue weighted by Gasteiger charge is 2.14. The van der Waals surface area contributed by atoms with E-state index < -0.39 is 5.97 Å². The lowest BCUT2D eigenvalue weighted by Gasteiger charge is -1.98. The van der Waals surface area contributed by atoms with E-state index in [-0.39, 0.29) is 12.5 Å². The summed E-state index contributed by atoms with van der Waals surface area (Å²) >= 11 is 1.19. The number of nitrogens with one attached hydrogen (secondary N) is 1. The molecule has 1 aromatic carbocycles.